The van der Waals surface area contributed by atoms with E-state index in [4.69, 9.17) is 83.8 Å². The predicted octanol–water partition coefficient (Wildman–Crippen LogP) is 3.40. The third-order valence-electron chi connectivity index (χ3n) is 3.66. The van der Waals surface area contributed by atoms with E-state index in [2.05, 4.69) is 5.32 Å². The molecule has 0 bridgehead atoms. The maximum Gasteiger partial charge on any atom is 0.303 e. The number of alkyl halides is 6. The molecule has 2 aliphatic heterocycles. The van der Waals surface area contributed by atoms with Gasteiger partial charge in [-0.2, -0.15) is 0 Å². The number of fused-ring (bicyclic) bond motifs is 1. The van der Waals surface area contributed by atoms with Gasteiger partial charge in [-0.1, -0.05) is 69.6 Å². The zero-order valence-electron chi connectivity index (χ0n) is 12.4. The highest BCUT2D eigenvalue weighted by Gasteiger charge is 2.74. The Morgan fingerprint density at radius 3 is 1.71 bits per heavy atom. The van der Waals surface area contributed by atoms with Crippen LogP contribution in [-0.2, 0) is 23.8 Å². The van der Waals surface area contributed by atoms with Gasteiger partial charge in [0.05, 0.1) is 0 Å². The average molecular weight is 464 g/mol. The average Bonchev–Trinajstić information content (AvgIpc) is 2.73. The molecule has 0 aliphatic carbocycles. The van der Waals surface area contributed by atoms with E-state index in [0.29, 0.717) is 0 Å². The van der Waals surface area contributed by atoms with Crippen LogP contribution >= 0.6 is 69.6 Å². The molecule has 2 atom stereocenters. The van der Waals surface area contributed by atoms with Crippen molar-refractivity contribution in [2.45, 2.75) is 58.0 Å². The van der Waals surface area contributed by atoms with Gasteiger partial charge in [0, 0.05) is 26.7 Å². The quantitative estimate of drug-likeness (QED) is 0.502. The zero-order valence-corrected chi connectivity index (χ0v) is 16.9. The molecule has 0 unspecified atom stereocenters. The summed E-state index contributed by atoms with van der Waals surface area (Å²) in [6, 6.07) is 0. The Morgan fingerprint density at radius 2 is 1.42 bits per heavy atom. The van der Waals surface area contributed by atoms with Gasteiger partial charge in [-0.25, -0.2) is 0 Å². The van der Waals surface area contributed by atoms with E-state index in [-0.39, 0.29) is 12.8 Å². The number of rotatable bonds is 2. The van der Waals surface area contributed by atoms with E-state index in [0.717, 1.165) is 0 Å². The first kappa shape index (κ1) is 20.9. The SMILES string of the molecule is CC(=O)NC12O[C@@H](C(Cl)(Cl)Cl)CC1(OC(C)=O)C[C@H](C(Cl)(Cl)Cl)O2. The number of esters is 1. The van der Waals surface area contributed by atoms with E-state index in [1.807, 2.05) is 0 Å². The van der Waals surface area contributed by atoms with Crippen LogP contribution in [0.2, 0.25) is 0 Å². The Kier molecular flexibility index (Phi) is 5.79. The van der Waals surface area contributed by atoms with Crippen molar-refractivity contribution in [3.8, 4) is 0 Å². The third-order valence-corrected chi connectivity index (χ3v) is 5.12. The second-order valence-electron chi connectivity index (χ2n) is 5.59. The molecule has 1 N–H and O–H groups in total. The van der Waals surface area contributed by atoms with E-state index in [1.165, 1.54) is 13.8 Å². The maximum absolute atomic E-state index is 11.7. The molecule has 2 fully saturated rings. The molecule has 0 aromatic heterocycles. The summed E-state index contributed by atoms with van der Waals surface area (Å²) in [5, 5.41) is 2.46. The highest BCUT2D eigenvalue weighted by molar-refractivity contribution is 6.68. The van der Waals surface area contributed by atoms with Crippen LogP contribution in [0.25, 0.3) is 0 Å². The molecule has 24 heavy (non-hydrogen) atoms. The van der Waals surface area contributed by atoms with Crippen molar-refractivity contribution in [3.63, 3.8) is 0 Å². The number of ether oxygens (including phenoxy) is 3. The Morgan fingerprint density at radius 1 is 1.00 bits per heavy atom. The van der Waals surface area contributed by atoms with Crippen LogP contribution < -0.4 is 5.32 Å². The van der Waals surface area contributed by atoms with Crippen LogP contribution in [-0.4, -0.2) is 43.2 Å². The Balaban J connectivity index is 2.49. The normalized spacial score (nSPS) is 36.3. The van der Waals surface area contributed by atoms with Crippen LogP contribution in [0.3, 0.4) is 0 Å². The van der Waals surface area contributed by atoms with Crippen molar-refractivity contribution in [2.24, 2.45) is 0 Å². The van der Waals surface area contributed by atoms with Crippen molar-refractivity contribution in [1.29, 1.82) is 0 Å². The van der Waals surface area contributed by atoms with Crippen molar-refractivity contribution in [1.82, 2.24) is 5.32 Å². The van der Waals surface area contributed by atoms with Gasteiger partial charge < -0.3 is 19.5 Å². The minimum atomic E-state index is -1.94. The fourth-order valence-electron chi connectivity index (χ4n) is 2.87. The molecule has 138 valence electrons. The minimum absolute atomic E-state index is 0.0827. The lowest BCUT2D eigenvalue weighted by Gasteiger charge is -2.36. The van der Waals surface area contributed by atoms with Crippen molar-refractivity contribution in [3.05, 3.63) is 0 Å². The fourth-order valence-corrected chi connectivity index (χ4v) is 3.60. The molecular formula is C12H13Cl6NO5. The number of carbonyl (C=O) groups is 2. The number of halogens is 6. The largest absolute Gasteiger partial charge is 0.451 e. The monoisotopic (exact) mass is 461 g/mol. The second kappa shape index (κ2) is 6.64. The standard InChI is InChI=1S/C12H13Cl6NO5/c1-5(20)19-12-9(22-6(2)21,3-7(23-12)10(13,14)15)4-8(24-12)11(16,17)18/h7-8H,3-4H2,1-2H3,(H,19,20)/t7-,8-,9?,12?/m1/s1. The van der Waals surface area contributed by atoms with Crippen LogP contribution in [0.5, 0.6) is 0 Å². The summed E-state index contributed by atoms with van der Waals surface area (Å²) in [7, 11) is 0. The Hall–Kier alpha value is 0.600. The number of amides is 1. The summed E-state index contributed by atoms with van der Waals surface area (Å²) in [5.41, 5.74) is -1.52. The lowest BCUT2D eigenvalue weighted by molar-refractivity contribution is -0.278. The highest BCUT2D eigenvalue weighted by atomic mass is 35.6. The van der Waals surface area contributed by atoms with Gasteiger partial charge in [0.25, 0.3) is 5.91 Å². The first-order chi connectivity index (χ1) is 10.7. The molecule has 0 spiro atoms. The number of carbonyl (C=O) groups excluding carboxylic acids is 2. The number of hydrogen-bond donors (Lipinski definition) is 1. The van der Waals surface area contributed by atoms with Gasteiger partial charge in [-0.05, 0) is 0 Å². The molecule has 2 saturated heterocycles. The summed E-state index contributed by atoms with van der Waals surface area (Å²) in [6.45, 7) is 2.39. The molecule has 12 heteroatoms. The first-order valence-corrected chi connectivity index (χ1v) is 8.95. The van der Waals surface area contributed by atoms with E-state index in [1.54, 1.807) is 0 Å². The first-order valence-electron chi connectivity index (χ1n) is 6.68. The number of nitrogens with one attached hydrogen (secondary N) is 1. The lowest BCUT2D eigenvalue weighted by Crippen LogP contribution is -2.61. The van der Waals surface area contributed by atoms with Gasteiger partial charge >= 0.3 is 5.97 Å². The molecule has 1 amide bonds. The van der Waals surface area contributed by atoms with Crippen LogP contribution in [0.1, 0.15) is 26.7 Å². The molecule has 0 radical (unpaired) electrons. The smallest absolute Gasteiger partial charge is 0.303 e. The molecule has 0 aromatic rings. The number of hydrogen-bond acceptors (Lipinski definition) is 5. The molecule has 2 rings (SSSR count). The van der Waals surface area contributed by atoms with Crippen LogP contribution in [0, 0.1) is 0 Å². The minimum Gasteiger partial charge on any atom is -0.451 e. The van der Waals surface area contributed by atoms with E-state index in [9.17, 15) is 9.59 Å². The van der Waals surface area contributed by atoms with Crippen molar-refractivity contribution >= 4 is 81.5 Å². The van der Waals surface area contributed by atoms with Crippen molar-refractivity contribution < 1.29 is 23.8 Å². The summed E-state index contributed by atoms with van der Waals surface area (Å²) in [4.78, 5) is 23.3. The Labute approximate surface area is 168 Å². The van der Waals surface area contributed by atoms with Gasteiger partial charge in [-0.15, -0.1) is 0 Å². The molecule has 2 heterocycles. The van der Waals surface area contributed by atoms with E-state index < -0.39 is 43.2 Å². The summed E-state index contributed by atoms with van der Waals surface area (Å²) >= 11 is 35.4. The third kappa shape index (κ3) is 3.96. The molecule has 0 saturated carbocycles. The second-order valence-corrected chi connectivity index (χ2v) is 10.3. The summed E-state index contributed by atoms with van der Waals surface area (Å²) < 4.78 is 13.1. The highest BCUT2D eigenvalue weighted by Crippen LogP contribution is 2.58. The summed E-state index contributed by atoms with van der Waals surface area (Å²) in [5.74, 6) is -3.14. The lowest BCUT2D eigenvalue weighted by atomic mass is 9.91. The maximum atomic E-state index is 11.7. The predicted molar refractivity (Wildman–Crippen MR) is 90.6 cm³/mol. The van der Waals surface area contributed by atoms with Crippen LogP contribution in [0.15, 0.2) is 0 Å². The molecule has 2 aliphatic rings. The van der Waals surface area contributed by atoms with Gasteiger partial charge in [-0.3, -0.25) is 9.59 Å². The topological polar surface area (TPSA) is 73.9 Å². The molecular weight excluding hydrogens is 451 g/mol. The van der Waals surface area contributed by atoms with E-state index >= 15 is 0 Å². The fraction of sp³-hybridized carbons (Fsp3) is 0.833. The van der Waals surface area contributed by atoms with Gasteiger partial charge in [0.15, 0.2) is 5.60 Å². The van der Waals surface area contributed by atoms with Gasteiger partial charge in [0.2, 0.25) is 13.5 Å². The summed E-state index contributed by atoms with van der Waals surface area (Å²) in [6.07, 6.45) is -2.24. The zero-order chi connectivity index (χ0) is 18.6. The molecule has 6 nitrogen and oxygen atoms in total. The van der Waals surface area contributed by atoms with Crippen molar-refractivity contribution in [2.75, 3.05) is 0 Å². The molecule has 0 aromatic carbocycles. The van der Waals surface area contributed by atoms with Crippen LogP contribution in [0.4, 0.5) is 0 Å². The van der Waals surface area contributed by atoms with Gasteiger partial charge in [0.1, 0.15) is 12.2 Å². The Bertz CT molecular complexity index is 485.